The molecule has 3 rings (SSSR count). The van der Waals surface area contributed by atoms with Crippen molar-refractivity contribution in [1.82, 2.24) is 4.31 Å². The molecule has 1 aromatic rings. The van der Waals surface area contributed by atoms with Crippen LogP contribution in [0.5, 0.6) is 0 Å². The Morgan fingerprint density at radius 1 is 1.24 bits per heavy atom. The molecule has 0 N–H and O–H groups in total. The van der Waals surface area contributed by atoms with Crippen LogP contribution in [0.25, 0.3) is 0 Å². The third-order valence-electron chi connectivity index (χ3n) is 5.45. The van der Waals surface area contributed by atoms with Crippen LogP contribution in [0.4, 0.5) is 5.69 Å². The number of benzene rings is 1. The first-order chi connectivity index (χ1) is 11.6. The number of amides is 1. The molecule has 0 spiro atoms. The molecular formula is C19H28N2O3S. The second-order valence-electron chi connectivity index (χ2n) is 7.78. The lowest BCUT2D eigenvalue weighted by Gasteiger charge is -2.31. The zero-order chi connectivity index (χ0) is 18.5. The van der Waals surface area contributed by atoms with Crippen molar-refractivity contribution in [3.05, 3.63) is 23.8 Å². The lowest BCUT2D eigenvalue weighted by Crippen LogP contribution is -2.43. The predicted molar refractivity (Wildman–Crippen MR) is 99.1 cm³/mol. The summed E-state index contributed by atoms with van der Waals surface area (Å²) in [6.07, 6.45) is 2.58. The summed E-state index contributed by atoms with van der Waals surface area (Å²) in [5.41, 5.74) is 1.78. The van der Waals surface area contributed by atoms with E-state index in [-0.39, 0.29) is 30.0 Å². The monoisotopic (exact) mass is 364 g/mol. The fourth-order valence-electron chi connectivity index (χ4n) is 3.74. The quantitative estimate of drug-likeness (QED) is 0.806. The molecule has 2 unspecified atom stereocenters. The van der Waals surface area contributed by atoms with Crippen LogP contribution in [0.2, 0.25) is 0 Å². The predicted octanol–water partition coefficient (Wildman–Crippen LogP) is 3.18. The van der Waals surface area contributed by atoms with E-state index in [0.29, 0.717) is 11.3 Å². The molecule has 1 heterocycles. The summed E-state index contributed by atoms with van der Waals surface area (Å²) in [4.78, 5) is 14.0. The van der Waals surface area contributed by atoms with E-state index in [1.165, 1.54) is 0 Å². The van der Waals surface area contributed by atoms with Gasteiger partial charge in [-0.25, -0.2) is 8.42 Å². The summed E-state index contributed by atoms with van der Waals surface area (Å²) in [7, 11) is -3.53. The summed E-state index contributed by atoms with van der Waals surface area (Å²) in [5, 5.41) is 0. The largest absolute Gasteiger partial charge is 0.309 e. The Labute approximate surface area is 151 Å². The Kier molecular flexibility index (Phi) is 4.71. The molecule has 1 aliphatic carbocycles. The molecule has 0 bridgehead atoms. The molecule has 5 nitrogen and oxygen atoms in total. The highest BCUT2D eigenvalue weighted by molar-refractivity contribution is 7.89. The number of sulfonamides is 1. The summed E-state index contributed by atoms with van der Waals surface area (Å²) in [6.45, 7) is 9.66. The maximum absolute atomic E-state index is 13.3. The Morgan fingerprint density at radius 3 is 2.40 bits per heavy atom. The van der Waals surface area contributed by atoms with Crippen molar-refractivity contribution >= 4 is 21.6 Å². The van der Waals surface area contributed by atoms with Crippen LogP contribution < -0.4 is 4.90 Å². The van der Waals surface area contributed by atoms with Crippen molar-refractivity contribution in [3.8, 4) is 0 Å². The smallest absolute Gasteiger partial charge is 0.243 e. The highest BCUT2D eigenvalue weighted by Gasteiger charge is 2.42. The lowest BCUT2D eigenvalue weighted by molar-refractivity contribution is -0.116. The van der Waals surface area contributed by atoms with Crippen LogP contribution in [0, 0.1) is 5.92 Å². The minimum absolute atomic E-state index is 0.00473. The number of carbonyl (C=O) groups is 1. The first-order valence-corrected chi connectivity index (χ1v) is 10.5. The van der Waals surface area contributed by atoms with Gasteiger partial charge in [0.05, 0.1) is 4.90 Å². The van der Waals surface area contributed by atoms with Crippen molar-refractivity contribution in [3.63, 3.8) is 0 Å². The average Bonchev–Trinajstić information content (AvgIpc) is 3.26. The summed E-state index contributed by atoms with van der Waals surface area (Å²) in [6, 6.07) is 5.39. The van der Waals surface area contributed by atoms with Crippen molar-refractivity contribution in [2.45, 2.75) is 76.9 Å². The zero-order valence-corrected chi connectivity index (χ0v) is 16.5. The molecule has 0 saturated heterocycles. The minimum Gasteiger partial charge on any atom is -0.309 e. The van der Waals surface area contributed by atoms with Crippen molar-refractivity contribution in [2.75, 3.05) is 4.90 Å². The van der Waals surface area contributed by atoms with Crippen molar-refractivity contribution in [2.24, 2.45) is 5.92 Å². The molecule has 1 saturated carbocycles. The minimum atomic E-state index is -3.53. The van der Waals surface area contributed by atoms with Gasteiger partial charge >= 0.3 is 0 Å². The fraction of sp³-hybridized carbons (Fsp3) is 0.632. The molecule has 25 heavy (non-hydrogen) atoms. The molecule has 0 radical (unpaired) electrons. The summed E-state index contributed by atoms with van der Waals surface area (Å²) >= 11 is 0. The van der Waals surface area contributed by atoms with Gasteiger partial charge in [-0.2, -0.15) is 4.31 Å². The Bertz CT molecular complexity index is 784. The highest BCUT2D eigenvalue weighted by atomic mass is 32.2. The zero-order valence-electron chi connectivity index (χ0n) is 15.7. The molecular weight excluding hydrogens is 336 g/mol. The van der Waals surface area contributed by atoms with E-state index in [1.54, 1.807) is 34.3 Å². The van der Waals surface area contributed by atoms with E-state index < -0.39 is 10.0 Å². The highest BCUT2D eigenvalue weighted by Crippen LogP contribution is 2.38. The van der Waals surface area contributed by atoms with Gasteiger partial charge in [0.2, 0.25) is 15.9 Å². The summed E-state index contributed by atoms with van der Waals surface area (Å²) in [5.74, 6) is 0.257. The third kappa shape index (κ3) is 3.22. The summed E-state index contributed by atoms with van der Waals surface area (Å²) < 4.78 is 28.3. The number of rotatable bonds is 5. The molecule has 2 atom stereocenters. The SMILES string of the molecule is CC(=O)N1c2ccc(S(=O)(=O)N(C3CC3)C(C)C(C)C)cc2CC1C. The van der Waals surface area contributed by atoms with Gasteiger partial charge < -0.3 is 4.90 Å². The first-order valence-electron chi connectivity index (χ1n) is 9.11. The van der Waals surface area contributed by atoms with Crippen molar-refractivity contribution < 1.29 is 13.2 Å². The Morgan fingerprint density at radius 2 is 1.88 bits per heavy atom. The average molecular weight is 365 g/mol. The molecule has 1 fully saturated rings. The van der Waals surface area contributed by atoms with E-state index >= 15 is 0 Å². The van der Waals surface area contributed by atoms with Crippen LogP contribution in [-0.2, 0) is 21.2 Å². The fourth-order valence-corrected chi connectivity index (χ4v) is 5.80. The number of hydrogen-bond donors (Lipinski definition) is 0. The van der Waals surface area contributed by atoms with Gasteiger partial charge in [0.25, 0.3) is 0 Å². The second-order valence-corrected chi connectivity index (χ2v) is 9.63. The standard InChI is InChI=1S/C19H28N2O3S/c1-12(2)14(4)21(17-6-7-17)25(23,24)18-8-9-19-16(11-18)10-13(3)20(19)15(5)22/h8-9,11-14,17H,6-7,10H2,1-5H3. The van der Waals surface area contributed by atoms with E-state index in [2.05, 4.69) is 13.8 Å². The lowest BCUT2D eigenvalue weighted by atomic mass is 10.1. The van der Waals surface area contributed by atoms with Crippen LogP contribution in [-0.4, -0.2) is 36.8 Å². The van der Waals surface area contributed by atoms with E-state index in [9.17, 15) is 13.2 Å². The van der Waals surface area contributed by atoms with Gasteiger partial charge in [0, 0.05) is 30.7 Å². The van der Waals surface area contributed by atoms with E-state index in [4.69, 9.17) is 0 Å². The van der Waals surface area contributed by atoms with Gasteiger partial charge in [0.15, 0.2) is 0 Å². The van der Waals surface area contributed by atoms with Crippen molar-refractivity contribution in [1.29, 1.82) is 0 Å². The molecule has 1 amide bonds. The number of anilines is 1. The topological polar surface area (TPSA) is 57.7 Å². The Balaban J connectivity index is 1.99. The van der Waals surface area contributed by atoms with E-state index in [1.807, 2.05) is 13.8 Å². The number of nitrogens with zero attached hydrogens (tertiary/aromatic N) is 2. The molecule has 1 aromatic carbocycles. The first kappa shape index (κ1) is 18.4. The normalized spacial score (nSPS) is 21.7. The van der Waals surface area contributed by atoms with Crippen LogP contribution in [0.3, 0.4) is 0 Å². The number of carbonyl (C=O) groups excluding carboxylic acids is 1. The molecule has 2 aliphatic rings. The second kappa shape index (κ2) is 6.40. The van der Waals surface area contributed by atoms with Crippen LogP contribution >= 0.6 is 0 Å². The van der Waals surface area contributed by atoms with Gasteiger partial charge in [-0.05, 0) is 62.8 Å². The molecule has 0 aromatic heterocycles. The van der Waals surface area contributed by atoms with Crippen LogP contribution in [0.15, 0.2) is 23.1 Å². The third-order valence-corrected chi connectivity index (χ3v) is 7.49. The van der Waals surface area contributed by atoms with Gasteiger partial charge in [-0.3, -0.25) is 4.79 Å². The van der Waals surface area contributed by atoms with Crippen LogP contribution in [0.1, 0.15) is 53.0 Å². The van der Waals surface area contributed by atoms with Gasteiger partial charge in [-0.15, -0.1) is 0 Å². The Hall–Kier alpha value is -1.40. The van der Waals surface area contributed by atoms with E-state index in [0.717, 1.165) is 24.1 Å². The molecule has 138 valence electrons. The number of hydrogen-bond acceptors (Lipinski definition) is 3. The number of fused-ring (bicyclic) bond motifs is 1. The van der Waals surface area contributed by atoms with Gasteiger partial charge in [-0.1, -0.05) is 13.8 Å². The molecule has 1 aliphatic heterocycles. The molecule has 6 heteroatoms. The maximum atomic E-state index is 13.3. The van der Waals surface area contributed by atoms with Gasteiger partial charge in [0.1, 0.15) is 0 Å². The maximum Gasteiger partial charge on any atom is 0.243 e.